The Morgan fingerprint density at radius 1 is 1.57 bits per heavy atom. The van der Waals surface area contributed by atoms with Crippen molar-refractivity contribution in [3.63, 3.8) is 0 Å². The smallest absolute Gasteiger partial charge is 0.130 e. The van der Waals surface area contributed by atoms with Crippen LogP contribution in [0.15, 0.2) is 0 Å². The molecular formula is C4H11NO2. The third-order valence-electron chi connectivity index (χ3n) is 0.724. The molecule has 7 heavy (non-hydrogen) atoms. The average molecular weight is 105 g/mol. The minimum absolute atomic E-state index is 1.15. The van der Waals surface area contributed by atoms with E-state index in [-0.39, 0.29) is 0 Å². The summed E-state index contributed by atoms with van der Waals surface area (Å²) in [7, 11) is 0. The van der Waals surface area contributed by atoms with Crippen LogP contribution in [0.25, 0.3) is 0 Å². The molecule has 0 aromatic rings. The number of aliphatic hydroxyl groups excluding tert-OH is 1. The lowest BCUT2D eigenvalue weighted by Gasteiger charge is -2.19. The summed E-state index contributed by atoms with van der Waals surface area (Å²) in [5.41, 5.74) is 3.71. The Labute approximate surface area is 42.8 Å². The summed E-state index contributed by atoms with van der Waals surface area (Å²) in [6.07, 6.45) is -1.15. The predicted octanol–water partition coefficient (Wildman–Crippen LogP) is -0.966. The van der Waals surface area contributed by atoms with Gasteiger partial charge in [-0.2, -0.15) is 0 Å². The molecule has 0 aliphatic carbocycles. The minimum atomic E-state index is -1.17. The summed E-state index contributed by atoms with van der Waals surface area (Å²) in [5.74, 6) is 0. The third kappa shape index (κ3) is 2.56. The van der Waals surface area contributed by atoms with Gasteiger partial charge in [-0.15, -0.1) is 0 Å². The number of hydrogen-bond acceptors (Lipinski definition) is 3. The van der Waals surface area contributed by atoms with Crippen LogP contribution < -0.4 is 5.73 Å². The molecule has 44 valence electrons. The Balaban J connectivity index is 3.54. The lowest BCUT2D eigenvalue weighted by atomic mass is 10.1. The van der Waals surface area contributed by atoms with Gasteiger partial charge >= 0.3 is 0 Å². The van der Waals surface area contributed by atoms with E-state index in [4.69, 9.17) is 15.9 Å². The Hall–Kier alpha value is -0.120. The zero-order valence-corrected chi connectivity index (χ0v) is 4.55. The van der Waals surface area contributed by atoms with E-state index in [2.05, 4.69) is 0 Å². The highest BCUT2D eigenvalue weighted by molar-refractivity contribution is 4.69. The molecule has 4 N–H and O–H groups in total. The Morgan fingerprint density at radius 3 is 1.71 bits per heavy atom. The van der Waals surface area contributed by atoms with E-state index in [1.807, 2.05) is 0 Å². The van der Waals surface area contributed by atoms with Gasteiger partial charge in [-0.1, -0.05) is 0 Å². The topological polar surface area (TPSA) is 66.5 Å². The molecule has 0 heterocycles. The molecule has 0 rings (SSSR count). The van der Waals surface area contributed by atoms with Gasteiger partial charge < -0.3 is 15.9 Å². The van der Waals surface area contributed by atoms with Crippen LogP contribution in [0.4, 0.5) is 0 Å². The number of hydrogen-bond donors (Lipinski definition) is 3. The highest BCUT2D eigenvalue weighted by Gasteiger charge is 2.19. The average Bonchev–Trinajstić information content (AvgIpc) is 1.31. The SMILES string of the molecule is CC(C)(O)[C@@H](N)O. The number of aliphatic hydroxyl groups is 2. The van der Waals surface area contributed by atoms with E-state index >= 15 is 0 Å². The van der Waals surface area contributed by atoms with Gasteiger partial charge in [0.1, 0.15) is 6.23 Å². The van der Waals surface area contributed by atoms with Crippen molar-refractivity contribution in [2.24, 2.45) is 5.73 Å². The Morgan fingerprint density at radius 2 is 1.71 bits per heavy atom. The van der Waals surface area contributed by atoms with Crippen molar-refractivity contribution in [2.75, 3.05) is 0 Å². The zero-order chi connectivity index (χ0) is 6.08. The summed E-state index contributed by atoms with van der Waals surface area (Å²) < 4.78 is 0. The second-order valence-electron chi connectivity index (χ2n) is 2.10. The fourth-order valence-electron chi connectivity index (χ4n) is 0. The molecule has 3 heteroatoms. The fourth-order valence-corrected chi connectivity index (χ4v) is 0. The van der Waals surface area contributed by atoms with Crippen LogP contribution in [-0.4, -0.2) is 22.0 Å². The summed E-state index contributed by atoms with van der Waals surface area (Å²) in [6, 6.07) is 0. The molecule has 0 aliphatic heterocycles. The normalized spacial score (nSPS) is 16.7. The van der Waals surface area contributed by atoms with Gasteiger partial charge in [0.2, 0.25) is 0 Å². The molecule has 0 aromatic heterocycles. The quantitative estimate of drug-likeness (QED) is 0.376. The van der Waals surface area contributed by atoms with Gasteiger partial charge in [-0.3, -0.25) is 0 Å². The van der Waals surface area contributed by atoms with Gasteiger partial charge in [0.25, 0.3) is 0 Å². The van der Waals surface area contributed by atoms with Gasteiger partial charge in [0.15, 0.2) is 0 Å². The molecule has 0 aromatic carbocycles. The Kier molecular flexibility index (Phi) is 1.75. The molecule has 0 saturated carbocycles. The summed E-state index contributed by atoms with van der Waals surface area (Å²) >= 11 is 0. The lowest BCUT2D eigenvalue weighted by molar-refractivity contribution is -0.0440. The molecule has 0 saturated heterocycles. The monoisotopic (exact) mass is 105 g/mol. The van der Waals surface area contributed by atoms with Crippen LogP contribution in [0.1, 0.15) is 13.8 Å². The van der Waals surface area contributed by atoms with Gasteiger partial charge in [0, 0.05) is 0 Å². The van der Waals surface area contributed by atoms with Crippen LogP contribution in [-0.2, 0) is 0 Å². The molecule has 0 radical (unpaired) electrons. The van der Waals surface area contributed by atoms with Crippen LogP contribution in [0.2, 0.25) is 0 Å². The highest BCUT2D eigenvalue weighted by Crippen LogP contribution is 2.00. The van der Waals surface area contributed by atoms with Crippen molar-refractivity contribution in [2.45, 2.75) is 25.7 Å². The first-order valence-electron chi connectivity index (χ1n) is 2.10. The predicted molar refractivity (Wildman–Crippen MR) is 26.5 cm³/mol. The van der Waals surface area contributed by atoms with E-state index in [0.717, 1.165) is 0 Å². The zero-order valence-electron chi connectivity index (χ0n) is 4.55. The fraction of sp³-hybridized carbons (Fsp3) is 1.00. The molecule has 0 spiro atoms. The first-order chi connectivity index (χ1) is 2.94. The second kappa shape index (κ2) is 1.78. The van der Waals surface area contributed by atoms with Crippen LogP contribution in [0, 0.1) is 0 Å². The first kappa shape index (κ1) is 6.88. The molecule has 3 nitrogen and oxygen atoms in total. The molecule has 0 aliphatic rings. The molecule has 1 atom stereocenters. The van der Waals surface area contributed by atoms with Gasteiger partial charge in [-0.05, 0) is 13.8 Å². The molecule has 0 unspecified atom stereocenters. The summed E-state index contributed by atoms with van der Waals surface area (Å²) in [4.78, 5) is 0. The molecule has 0 amide bonds. The maximum Gasteiger partial charge on any atom is 0.130 e. The van der Waals surface area contributed by atoms with Crippen LogP contribution in [0.5, 0.6) is 0 Å². The van der Waals surface area contributed by atoms with Crippen molar-refractivity contribution in [1.29, 1.82) is 0 Å². The van der Waals surface area contributed by atoms with Crippen molar-refractivity contribution in [1.82, 2.24) is 0 Å². The van der Waals surface area contributed by atoms with Crippen molar-refractivity contribution < 1.29 is 10.2 Å². The van der Waals surface area contributed by atoms with E-state index < -0.39 is 11.8 Å². The minimum Gasteiger partial charge on any atom is -0.386 e. The first-order valence-corrected chi connectivity index (χ1v) is 2.10. The summed E-state index contributed by atoms with van der Waals surface area (Å²) in [5, 5.41) is 17.1. The summed E-state index contributed by atoms with van der Waals surface area (Å²) in [6.45, 7) is 2.88. The number of rotatable bonds is 1. The van der Waals surface area contributed by atoms with E-state index in [1.165, 1.54) is 13.8 Å². The van der Waals surface area contributed by atoms with Gasteiger partial charge in [-0.25, -0.2) is 0 Å². The second-order valence-corrected chi connectivity index (χ2v) is 2.10. The molecular weight excluding hydrogens is 94.0 g/mol. The largest absolute Gasteiger partial charge is 0.386 e. The lowest BCUT2D eigenvalue weighted by Crippen LogP contribution is -2.42. The maximum absolute atomic E-state index is 8.72. The van der Waals surface area contributed by atoms with Crippen molar-refractivity contribution in [3.8, 4) is 0 Å². The van der Waals surface area contributed by atoms with Gasteiger partial charge in [0.05, 0.1) is 5.60 Å². The number of nitrogens with two attached hydrogens (primary N) is 1. The van der Waals surface area contributed by atoms with Crippen molar-refractivity contribution >= 4 is 0 Å². The van der Waals surface area contributed by atoms with E-state index in [0.29, 0.717) is 0 Å². The Bertz CT molecular complexity index is 55.2. The standard InChI is InChI=1S/C4H11NO2/c1-4(2,7)3(5)6/h3,6-7H,5H2,1-2H3/t3-/m0/s1. The van der Waals surface area contributed by atoms with Crippen molar-refractivity contribution in [3.05, 3.63) is 0 Å². The van der Waals surface area contributed by atoms with E-state index in [9.17, 15) is 0 Å². The van der Waals surface area contributed by atoms with Crippen LogP contribution >= 0.6 is 0 Å². The molecule has 0 bridgehead atoms. The molecule has 0 fully saturated rings. The van der Waals surface area contributed by atoms with E-state index in [1.54, 1.807) is 0 Å². The third-order valence-corrected chi connectivity index (χ3v) is 0.724. The highest BCUT2D eigenvalue weighted by atomic mass is 16.3. The van der Waals surface area contributed by atoms with Crippen LogP contribution in [0.3, 0.4) is 0 Å². The maximum atomic E-state index is 8.72.